The molecule has 2 atom stereocenters. The lowest BCUT2D eigenvalue weighted by Gasteiger charge is -2.34. The minimum absolute atomic E-state index is 0.0134. The SMILES string of the molecule is CC1COCCN1C(=O)CC(NC(=O)CCl)c1ccccc1. The summed E-state index contributed by atoms with van der Waals surface area (Å²) < 4.78 is 5.35. The van der Waals surface area contributed by atoms with Crippen molar-refractivity contribution >= 4 is 23.4 Å². The minimum atomic E-state index is -0.366. The maximum Gasteiger partial charge on any atom is 0.235 e. The first-order valence-corrected chi connectivity index (χ1v) is 7.92. The highest BCUT2D eigenvalue weighted by Crippen LogP contribution is 2.19. The number of rotatable bonds is 5. The van der Waals surface area contributed by atoms with Gasteiger partial charge in [-0.3, -0.25) is 9.59 Å². The molecule has 120 valence electrons. The summed E-state index contributed by atoms with van der Waals surface area (Å²) in [6.07, 6.45) is 0.219. The van der Waals surface area contributed by atoms with Crippen molar-refractivity contribution in [1.82, 2.24) is 10.2 Å². The Balaban J connectivity index is 2.08. The molecule has 0 spiro atoms. The summed E-state index contributed by atoms with van der Waals surface area (Å²) in [5.41, 5.74) is 0.898. The molecule has 0 aromatic heterocycles. The van der Waals surface area contributed by atoms with Gasteiger partial charge in [-0.1, -0.05) is 30.3 Å². The molecule has 0 saturated carbocycles. The number of morpholine rings is 1. The Morgan fingerprint density at radius 2 is 2.14 bits per heavy atom. The van der Waals surface area contributed by atoms with Crippen molar-refractivity contribution in [1.29, 1.82) is 0 Å². The van der Waals surface area contributed by atoms with Crippen molar-refractivity contribution in [3.8, 4) is 0 Å². The third-order valence-corrected chi connectivity index (χ3v) is 3.97. The maximum atomic E-state index is 12.5. The van der Waals surface area contributed by atoms with E-state index >= 15 is 0 Å². The van der Waals surface area contributed by atoms with Gasteiger partial charge in [0.1, 0.15) is 5.88 Å². The van der Waals surface area contributed by atoms with Crippen LogP contribution in [0.4, 0.5) is 0 Å². The van der Waals surface area contributed by atoms with Crippen molar-refractivity contribution in [2.24, 2.45) is 0 Å². The smallest absolute Gasteiger partial charge is 0.235 e. The number of nitrogens with zero attached hydrogens (tertiary/aromatic N) is 1. The van der Waals surface area contributed by atoms with Crippen molar-refractivity contribution in [3.63, 3.8) is 0 Å². The lowest BCUT2D eigenvalue weighted by Crippen LogP contribution is -2.48. The van der Waals surface area contributed by atoms with E-state index in [9.17, 15) is 9.59 Å². The number of hydrogen-bond donors (Lipinski definition) is 1. The summed E-state index contributed by atoms with van der Waals surface area (Å²) >= 11 is 5.57. The van der Waals surface area contributed by atoms with Crippen LogP contribution in [0.2, 0.25) is 0 Å². The highest BCUT2D eigenvalue weighted by atomic mass is 35.5. The molecule has 6 heteroatoms. The Labute approximate surface area is 135 Å². The molecule has 1 heterocycles. The van der Waals surface area contributed by atoms with Crippen LogP contribution in [0.3, 0.4) is 0 Å². The first-order chi connectivity index (χ1) is 10.6. The molecule has 2 unspecified atom stereocenters. The van der Waals surface area contributed by atoms with Gasteiger partial charge in [0.05, 0.1) is 31.7 Å². The van der Waals surface area contributed by atoms with Gasteiger partial charge in [0.2, 0.25) is 11.8 Å². The molecule has 1 aromatic rings. The largest absolute Gasteiger partial charge is 0.377 e. The Hall–Kier alpha value is -1.59. The molecule has 1 N–H and O–H groups in total. The monoisotopic (exact) mass is 324 g/mol. The molecule has 5 nitrogen and oxygen atoms in total. The van der Waals surface area contributed by atoms with Crippen LogP contribution in [0.1, 0.15) is 24.9 Å². The van der Waals surface area contributed by atoms with Crippen LogP contribution in [0.25, 0.3) is 0 Å². The number of ether oxygens (including phenoxy) is 1. The fourth-order valence-corrected chi connectivity index (χ4v) is 2.64. The molecule has 22 heavy (non-hydrogen) atoms. The zero-order chi connectivity index (χ0) is 15.9. The standard InChI is InChI=1S/C16H21ClN2O3/c1-12-11-22-8-7-19(12)16(21)9-14(18-15(20)10-17)13-5-3-2-4-6-13/h2-6,12,14H,7-11H2,1H3,(H,18,20). The number of hydrogen-bond acceptors (Lipinski definition) is 3. The van der Waals surface area contributed by atoms with Crippen molar-refractivity contribution < 1.29 is 14.3 Å². The normalized spacial score (nSPS) is 19.5. The third kappa shape index (κ3) is 4.45. The predicted octanol–water partition coefficient (Wildman–Crippen LogP) is 1.72. The zero-order valence-corrected chi connectivity index (χ0v) is 13.4. The molecular formula is C16H21ClN2O3. The second kappa shape index (κ2) is 8.15. The quantitative estimate of drug-likeness (QED) is 0.839. The topological polar surface area (TPSA) is 58.6 Å². The van der Waals surface area contributed by atoms with E-state index in [0.717, 1.165) is 5.56 Å². The lowest BCUT2D eigenvalue weighted by molar-refractivity contribution is -0.139. The summed E-state index contributed by atoms with van der Waals surface area (Å²) in [5, 5.41) is 2.82. The first kappa shape index (κ1) is 16.8. The summed E-state index contributed by atoms with van der Waals surface area (Å²) in [4.78, 5) is 26.0. The molecule has 0 bridgehead atoms. The predicted molar refractivity (Wildman–Crippen MR) is 84.7 cm³/mol. The van der Waals surface area contributed by atoms with Crippen LogP contribution in [-0.2, 0) is 14.3 Å². The highest BCUT2D eigenvalue weighted by molar-refractivity contribution is 6.27. The maximum absolute atomic E-state index is 12.5. The fourth-order valence-electron chi connectivity index (χ4n) is 2.56. The number of alkyl halides is 1. The Morgan fingerprint density at radius 3 is 2.77 bits per heavy atom. The van der Waals surface area contributed by atoms with Gasteiger partial charge in [-0.25, -0.2) is 0 Å². The second-order valence-corrected chi connectivity index (χ2v) is 5.65. The molecule has 2 amide bonds. The van der Waals surface area contributed by atoms with Gasteiger partial charge < -0.3 is 15.0 Å². The van der Waals surface area contributed by atoms with E-state index in [1.807, 2.05) is 42.2 Å². The Morgan fingerprint density at radius 1 is 1.41 bits per heavy atom. The fraction of sp³-hybridized carbons (Fsp3) is 0.500. The lowest BCUT2D eigenvalue weighted by atomic mass is 10.0. The molecule has 1 fully saturated rings. The number of halogens is 1. The number of benzene rings is 1. The Kier molecular flexibility index (Phi) is 6.21. The summed E-state index contributed by atoms with van der Waals surface area (Å²) in [7, 11) is 0. The number of nitrogens with one attached hydrogen (secondary N) is 1. The van der Waals surface area contributed by atoms with E-state index in [4.69, 9.17) is 16.3 Å². The van der Waals surface area contributed by atoms with E-state index in [-0.39, 0.29) is 36.2 Å². The van der Waals surface area contributed by atoms with Gasteiger partial charge in [0, 0.05) is 6.54 Å². The van der Waals surface area contributed by atoms with Crippen LogP contribution in [0.15, 0.2) is 30.3 Å². The van der Waals surface area contributed by atoms with E-state index in [1.54, 1.807) is 0 Å². The highest BCUT2D eigenvalue weighted by Gasteiger charge is 2.27. The molecular weight excluding hydrogens is 304 g/mol. The van der Waals surface area contributed by atoms with E-state index in [1.165, 1.54) is 0 Å². The Bertz CT molecular complexity index is 509. The molecule has 1 aromatic carbocycles. The van der Waals surface area contributed by atoms with Crippen LogP contribution in [0.5, 0.6) is 0 Å². The third-order valence-electron chi connectivity index (χ3n) is 3.73. The van der Waals surface area contributed by atoms with Crippen LogP contribution < -0.4 is 5.32 Å². The van der Waals surface area contributed by atoms with Crippen molar-refractivity contribution in [2.75, 3.05) is 25.6 Å². The van der Waals surface area contributed by atoms with Gasteiger partial charge in [-0.05, 0) is 12.5 Å². The van der Waals surface area contributed by atoms with Gasteiger partial charge >= 0.3 is 0 Å². The van der Waals surface area contributed by atoms with Gasteiger partial charge in [-0.2, -0.15) is 0 Å². The minimum Gasteiger partial charge on any atom is -0.377 e. The molecule has 1 saturated heterocycles. The number of amides is 2. The van der Waals surface area contributed by atoms with Crippen LogP contribution in [-0.4, -0.2) is 48.4 Å². The van der Waals surface area contributed by atoms with E-state index < -0.39 is 0 Å². The summed E-state index contributed by atoms with van der Waals surface area (Å²) in [6.45, 7) is 3.66. The first-order valence-electron chi connectivity index (χ1n) is 7.39. The average Bonchev–Trinajstić information content (AvgIpc) is 2.55. The van der Waals surface area contributed by atoms with Gasteiger partial charge in [0.25, 0.3) is 0 Å². The zero-order valence-electron chi connectivity index (χ0n) is 12.6. The van der Waals surface area contributed by atoms with Gasteiger partial charge in [-0.15, -0.1) is 11.6 Å². The van der Waals surface area contributed by atoms with Crippen molar-refractivity contribution in [2.45, 2.75) is 25.4 Å². The number of carbonyl (C=O) groups is 2. The van der Waals surface area contributed by atoms with Crippen molar-refractivity contribution in [3.05, 3.63) is 35.9 Å². The van der Waals surface area contributed by atoms with Crippen LogP contribution >= 0.6 is 11.6 Å². The average molecular weight is 325 g/mol. The molecule has 1 aliphatic rings. The van der Waals surface area contributed by atoms with E-state index in [2.05, 4.69) is 5.32 Å². The van der Waals surface area contributed by atoms with Gasteiger partial charge in [0.15, 0.2) is 0 Å². The molecule has 2 rings (SSSR count). The molecule has 0 radical (unpaired) electrons. The number of carbonyl (C=O) groups excluding carboxylic acids is 2. The second-order valence-electron chi connectivity index (χ2n) is 5.38. The summed E-state index contributed by atoms with van der Waals surface area (Å²) in [5.74, 6) is -0.385. The van der Waals surface area contributed by atoms with Crippen LogP contribution in [0, 0.1) is 0 Å². The summed E-state index contributed by atoms with van der Waals surface area (Å²) in [6, 6.07) is 9.16. The molecule has 0 aliphatic carbocycles. The molecule has 1 aliphatic heterocycles. The van der Waals surface area contributed by atoms with E-state index in [0.29, 0.717) is 19.8 Å².